The highest BCUT2D eigenvalue weighted by molar-refractivity contribution is 6.30. The Hall–Kier alpha value is -1.55. The quantitative estimate of drug-likeness (QED) is 0.780. The predicted molar refractivity (Wildman–Crippen MR) is 82.0 cm³/mol. The number of hydrogen-bond acceptors (Lipinski definition) is 3. The van der Waals surface area contributed by atoms with E-state index in [1.165, 1.54) is 0 Å². The van der Waals surface area contributed by atoms with Gasteiger partial charge in [-0.1, -0.05) is 41.9 Å². The highest BCUT2D eigenvalue weighted by Gasteiger charge is 2.37. The molecule has 0 aromatic heterocycles. The lowest BCUT2D eigenvalue weighted by Crippen LogP contribution is -2.47. The summed E-state index contributed by atoms with van der Waals surface area (Å²) in [5.74, 6) is -0.977. The smallest absolute Gasteiger partial charge is 0.279 e. The number of methoxy groups -OCH3 is 2. The lowest BCUT2D eigenvalue weighted by molar-refractivity contribution is -0.213. The van der Waals surface area contributed by atoms with Gasteiger partial charge in [-0.2, -0.15) is 0 Å². The van der Waals surface area contributed by atoms with Gasteiger partial charge in [0.05, 0.1) is 0 Å². The van der Waals surface area contributed by atoms with Crippen LogP contribution in [0.15, 0.2) is 54.6 Å². The molecule has 2 rings (SSSR count). The molecule has 0 radical (unpaired) electrons. The van der Waals surface area contributed by atoms with Gasteiger partial charge in [0, 0.05) is 37.5 Å². The number of benzene rings is 2. The van der Waals surface area contributed by atoms with Gasteiger partial charge in [-0.05, 0) is 24.3 Å². The number of nitrogens with zero attached hydrogens (tertiary/aromatic N) is 1. The fourth-order valence-corrected chi connectivity index (χ4v) is 2.40. The monoisotopic (exact) mass is 291 g/mol. The third-order valence-electron chi connectivity index (χ3n) is 3.35. The first kappa shape index (κ1) is 14.9. The fourth-order valence-electron chi connectivity index (χ4n) is 2.27. The van der Waals surface area contributed by atoms with Crippen LogP contribution in [0, 0.1) is 0 Å². The van der Waals surface area contributed by atoms with E-state index in [1.54, 1.807) is 14.2 Å². The number of ether oxygens (including phenoxy) is 2. The Morgan fingerprint density at radius 2 is 1.45 bits per heavy atom. The summed E-state index contributed by atoms with van der Waals surface area (Å²) in [6.07, 6.45) is 0. The van der Waals surface area contributed by atoms with Crippen molar-refractivity contribution in [2.45, 2.75) is 5.91 Å². The van der Waals surface area contributed by atoms with E-state index in [9.17, 15) is 0 Å². The Bertz CT molecular complexity index is 538. The first-order valence-corrected chi connectivity index (χ1v) is 6.67. The van der Waals surface area contributed by atoms with E-state index >= 15 is 0 Å². The second kappa shape index (κ2) is 6.27. The molecule has 0 aliphatic rings. The third kappa shape index (κ3) is 2.66. The van der Waals surface area contributed by atoms with E-state index < -0.39 is 5.91 Å². The van der Waals surface area contributed by atoms with Gasteiger partial charge in [-0.15, -0.1) is 0 Å². The van der Waals surface area contributed by atoms with Crippen molar-refractivity contribution < 1.29 is 9.47 Å². The zero-order valence-corrected chi connectivity index (χ0v) is 12.6. The standard InChI is InChI=1S/C16H18ClNO2/c1-18(15-11-9-14(17)10-12-15)16(19-2,20-3)13-7-5-4-6-8-13/h4-12H,1-3H3. The maximum absolute atomic E-state index is 5.93. The Morgan fingerprint density at radius 3 is 1.95 bits per heavy atom. The van der Waals surface area contributed by atoms with Crippen LogP contribution in [0.4, 0.5) is 5.69 Å². The van der Waals surface area contributed by atoms with Crippen molar-refractivity contribution in [3.63, 3.8) is 0 Å². The summed E-state index contributed by atoms with van der Waals surface area (Å²) in [6.45, 7) is 0. The molecule has 3 nitrogen and oxygen atoms in total. The van der Waals surface area contributed by atoms with Crippen LogP contribution < -0.4 is 4.90 Å². The number of halogens is 1. The van der Waals surface area contributed by atoms with E-state index in [1.807, 2.05) is 66.5 Å². The van der Waals surface area contributed by atoms with Crippen molar-refractivity contribution in [3.05, 3.63) is 65.2 Å². The molecular formula is C16H18ClNO2. The molecule has 0 fully saturated rings. The van der Waals surface area contributed by atoms with Crippen LogP contribution in [0.2, 0.25) is 5.02 Å². The van der Waals surface area contributed by atoms with Crippen LogP contribution in [0.5, 0.6) is 0 Å². The SMILES string of the molecule is COC(OC)(c1ccccc1)N(C)c1ccc(Cl)cc1. The summed E-state index contributed by atoms with van der Waals surface area (Å²) in [7, 11) is 5.18. The molecule has 0 atom stereocenters. The van der Waals surface area contributed by atoms with Crippen LogP contribution in [0.25, 0.3) is 0 Å². The topological polar surface area (TPSA) is 21.7 Å². The molecule has 0 amide bonds. The largest absolute Gasteiger partial charge is 0.332 e. The van der Waals surface area contributed by atoms with Gasteiger partial charge < -0.3 is 14.4 Å². The van der Waals surface area contributed by atoms with E-state index in [0.717, 1.165) is 11.3 Å². The van der Waals surface area contributed by atoms with Crippen molar-refractivity contribution in [2.24, 2.45) is 0 Å². The van der Waals surface area contributed by atoms with Crippen LogP contribution in [-0.2, 0) is 15.4 Å². The van der Waals surface area contributed by atoms with Crippen molar-refractivity contribution in [2.75, 3.05) is 26.2 Å². The molecule has 4 heteroatoms. The highest BCUT2D eigenvalue weighted by atomic mass is 35.5. The van der Waals surface area contributed by atoms with Crippen molar-refractivity contribution in [1.29, 1.82) is 0 Å². The second-order valence-electron chi connectivity index (χ2n) is 4.39. The molecule has 0 aliphatic carbocycles. The minimum Gasteiger partial charge on any atom is -0.332 e. The van der Waals surface area contributed by atoms with Gasteiger partial charge in [0.1, 0.15) is 0 Å². The fraction of sp³-hybridized carbons (Fsp3) is 0.250. The van der Waals surface area contributed by atoms with Crippen LogP contribution in [0.1, 0.15) is 5.56 Å². The minimum absolute atomic E-state index is 0.697. The highest BCUT2D eigenvalue weighted by Crippen LogP contribution is 2.33. The van der Waals surface area contributed by atoms with Crippen molar-refractivity contribution in [1.82, 2.24) is 0 Å². The van der Waals surface area contributed by atoms with Gasteiger partial charge >= 0.3 is 0 Å². The van der Waals surface area contributed by atoms with Gasteiger partial charge in [0.25, 0.3) is 5.91 Å². The van der Waals surface area contributed by atoms with Crippen molar-refractivity contribution >= 4 is 17.3 Å². The summed E-state index contributed by atoms with van der Waals surface area (Å²) in [5.41, 5.74) is 1.87. The molecule has 106 valence electrons. The summed E-state index contributed by atoms with van der Waals surface area (Å²) in [4.78, 5) is 1.93. The Balaban J connectivity index is 2.45. The molecule has 0 N–H and O–H groups in total. The number of rotatable bonds is 5. The lowest BCUT2D eigenvalue weighted by atomic mass is 10.1. The van der Waals surface area contributed by atoms with Crippen LogP contribution >= 0.6 is 11.6 Å². The van der Waals surface area contributed by atoms with Crippen molar-refractivity contribution in [3.8, 4) is 0 Å². The predicted octanol–water partition coefficient (Wildman–Crippen LogP) is 3.88. The molecule has 2 aromatic carbocycles. The molecule has 2 aromatic rings. The second-order valence-corrected chi connectivity index (χ2v) is 4.83. The normalized spacial score (nSPS) is 11.4. The first-order valence-electron chi connectivity index (χ1n) is 6.29. The Labute approximate surface area is 124 Å². The Morgan fingerprint density at radius 1 is 0.900 bits per heavy atom. The molecule has 0 aliphatic heterocycles. The van der Waals surface area contributed by atoms with Crippen LogP contribution in [-0.4, -0.2) is 21.3 Å². The van der Waals surface area contributed by atoms with Gasteiger partial charge in [-0.25, -0.2) is 0 Å². The number of hydrogen-bond donors (Lipinski definition) is 0. The number of anilines is 1. The minimum atomic E-state index is -0.977. The third-order valence-corrected chi connectivity index (χ3v) is 3.60. The average Bonchev–Trinajstić information content (AvgIpc) is 2.51. The summed E-state index contributed by atoms with van der Waals surface area (Å²) in [5, 5.41) is 0.697. The maximum Gasteiger partial charge on any atom is 0.279 e. The molecule has 0 heterocycles. The first-order chi connectivity index (χ1) is 9.64. The molecule has 0 saturated carbocycles. The summed E-state index contributed by atoms with van der Waals surface area (Å²) < 4.78 is 11.4. The van der Waals surface area contributed by atoms with E-state index in [2.05, 4.69) is 0 Å². The Kier molecular flexibility index (Phi) is 4.65. The summed E-state index contributed by atoms with van der Waals surface area (Å²) in [6, 6.07) is 17.4. The van der Waals surface area contributed by atoms with Crippen LogP contribution in [0.3, 0.4) is 0 Å². The molecule has 0 spiro atoms. The molecular weight excluding hydrogens is 274 g/mol. The molecule has 0 saturated heterocycles. The van der Waals surface area contributed by atoms with E-state index in [0.29, 0.717) is 5.02 Å². The zero-order valence-electron chi connectivity index (χ0n) is 11.8. The van der Waals surface area contributed by atoms with E-state index in [-0.39, 0.29) is 0 Å². The molecule has 20 heavy (non-hydrogen) atoms. The molecule has 0 bridgehead atoms. The zero-order chi connectivity index (χ0) is 14.6. The molecule has 0 unspecified atom stereocenters. The van der Waals surface area contributed by atoms with Gasteiger partial charge in [0.2, 0.25) is 0 Å². The average molecular weight is 292 g/mol. The summed E-state index contributed by atoms with van der Waals surface area (Å²) >= 11 is 5.93. The van der Waals surface area contributed by atoms with E-state index in [4.69, 9.17) is 21.1 Å². The maximum atomic E-state index is 5.93. The van der Waals surface area contributed by atoms with Gasteiger partial charge in [-0.3, -0.25) is 0 Å². The van der Waals surface area contributed by atoms with Gasteiger partial charge in [0.15, 0.2) is 0 Å². The lowest BCUT2D eigenvalue weighted by Gasteiger charge is -2.40.